The van der Waals surface area contributed by atoms with Crippen LogP contribution in [0.4, 0.5) is 5.69 Å². The summed E-state index contributed by atoms with van der Waals surface area (Å²) < 4.78 is 5.41. The Morgan fingerprint density at radius 2 is 2.15 bits per heavy atom. The van der Waals surface area contributed by atoms with Gasteiger partial charge in [0.15, 0.2) is 0 Å². The zero-order chi connectivity index (χ0) is 14.4. The molecule has 3 N–H and O–H groups in total. The lowest BCUT2D eigenvalue weighted by atomic mass is 9.87. The fraction of sp³-hybridized carbons (Fsp3) is 0.714. The van der Waals surface area contributed by atoms with Crippen molar-refractivity contribution in [3.05, 3.63) is 6.20 Å². The number of nitrogens with zero attached hydrogens (tertiary/aromatic N) is 1. The van der Waals surface area contributed by atoms with E-state index in [-0.39, 0.29) is 5.60 Å². The van der Waals surface area contributed by atoms with Gasteiger partial charge in [0.1, 0.15) is 11.8 Å². The maximum absolute atomic E-state index is 10.1. The maximum Gasteiger partial charge on any atom is 0.233 e. The third-order valence-electron chi connectivity index (χ3n) is 3.56. The molecule has 2 saturated carbocycles. The number of aromatic nitrogens is 2. The van der Waals surface area contributed by atoms with E-state index in [4.69, 9.17) is 4.74 Å². The van der Waals surface area contributed by atoms with Gasteiger partial charge in [-0.05, 0) is 32.6 Å². The topological polar surface area (TPSA) is 87.2 Å². The minimum Gasteiger partial charge on any atom is -0.473 e. The van der Waals surface area contributed by atoms with Crippen LogP contribution in [-0.4, -0.2) is 33.4 Å². The number of amides is 1. The molecule has 6 nitrogen and oxygen atoms in total. The largest absolute Gasteiger partial charge is 0.473 e. The molecule has 0 aromatic carbocycles. The van der Waals surface area contributed by atoms with Crippen LogP contribution in [0, 0.1) is 0 Å². The Kier molecular flexibility index (Phi) is 5.00. The summed E-state index contributed by atoms with van der Waals surface area (Å²) in [5, 5.41) is 18.3. The molecule has 20 heavy (non-hydrogen) atoms. The van der Waals surface area contributed by atoms with Crippen LogP contribution in [0.25, 0.3) is 0 Å². The number of aromatic amines is 1. The van der Waals surface area contributed by atoms with Gasteiger partial charge in [0.25, 0.3) is 0 Å². The summed E-state index contributed by atoms with van der Waals surface area (Å²) in [6, 6.07) is 0. The molecule has 0 unspecified atom stereocenters. The van der Waals surface area contributed by atoms with Crippen molar-refractivity contribution in [2.45, 2.75) is 63.6 Å². The van der Waals surface area contributed by atoms with Gasteiger partial charge >= 0.3 is 0 Å². The first-order valence-electron chi connectivity index (χ1n) is 7.23. The molecule has 1 amide bonds. The van der Waals surface area contributed by atoms with Gasteiger partial charge in [-0.2, -0.15) is 5.10 Å². The molecule has 3 rings (SSSR count). The summed E-state index contributed by atoms with van der Waals surface area (Å²) >= 11 is 0. The van der Waals surface area contributed by atoms with Crippen LogP contribution in [0.2, 0.25) is 0 Å². The Bertz CT molecular complexity index is 419. The highest BCUT2D eigenvalue weighted by atomic mass is 16.5. The lowest BCUT2D eigenvalue weighted by Gasteiger charge is -2.27. The minimum absolute atomic E-state index is 0.303. The second-order valence-corrected chi connectivity index (χ2v) is 5.75. The Morgan fingerprint density at radius 3 is 2.65 bits per heavy atom. The summed E-state index contributed by atoms with van der Waals surface area (Å²) in [6.07, 6.45) is 10.4. The van der Waals surface area contributed by atoms with Crippen molar-refractivity contribution < 1.29 is 14.6 Å². The van der Waals surface area contributed by atoms with E-state index >= 15 is 0 Å². The lowest BCUT2D eigenvalue weighted by Crippen LogP contribution is -2.26. The van der Waals surface area contributed by atoms with Crippen LogP contribution in [-0.2, 0) is 4.79 Å². The van der Waals surface area contributed by atoms with Crippen molar-refractivity contribution in [2.75, 3.05) is 5.32 Å². The van der Waals surface area contributed by atoms with Gasteiger partial charge < -0.3 is 15.2 Å². The fourth-order valence-electron chi connectivity index (χ4n) is 2.20. The molecule has 1 heterocycles. The molecule has 6 heteroatoms. The third kappa shape index (κ3) is 4.85. The summed E-state index contributed by atoms with van der Waals surface area (Å²) in [7, 11) is 0. The number of H-pyrrole nitrogens is 1. The Balaban J connectivity index is 0.000000160. The number of nitrogens with one attached hydrogen (secondary N) is 2. The second-order valence-electron chi connectivity index (χ2n) is 5.75. The highest BCUT2D eigenvalue weighted by molar-refractivity contribution is 5.73. The van der Waals surface area contributed by atoms with Gasteiger partial charge in [0.2, 0.25) is 12.3 Å². The average Bonchev–Trinajstić information content (AvgIpc) is 3.11. The summed E-state index contributed by atoms with van der Waals surface area (Å²) in [4.78, 5) is 10.1. The molecule has 2 fully saturated rings. The predicted molar refractivity (Wildman–Crippen MR) is 75.6 cm³/mol. The Labute approximate surface area is 118 Å². The number of carbonyl (C=O) groups is 1. The van der Waals surface area contributed by atoms with E-state index < -0.39 is 0 Å². The van der Waals surface area contributed by atoms with Gasteiger partial charge in [-0.3, -0.25) is 4.79 Å². The van der Waals surface area contributed by atoms with Crippen molar-refractivity contribution in [3.8, 4) is 5.88 Å². The molecule has 2 aliphatic carbocycles. The number of hydrogen-bond donors (Lipinski definition) is 3. The van der Waals surface area contributed by atoms with E-state index in [1.165, 1.54) is 25.5 Å². The molecule has 0 radical (unpaired) electrons. The van der Waals surface area contributed by atoms with E-state index in [2.05, 4.69) is 15.5 Å². The molecule has 0 aliphatic heterocycles. The Hall–Kier alpha value is -1.56. The number of anilines is 1. The molecule has 0 saturated heterocycles. The number of ether oxygens (including phenoxy) is 1. The number of rotatable bonds is 4. The van der Waals surface area contributed by atoms with E-state index in [1.54, 1.807) is 0 Å². The van der Waals surface area contributed by atoms with Crippen molar-refractivity contribution >= 4 is 12.1 Å². The van der Waals surface area contributed by atoms with Crippen molar-refractivity contribution in [1.29, 1.82) is 0 Å². The van der Waals surface area contributed by atoms with E-state index in [1.807, 2.05) is 6.92 Å². The molecule has 0 atom stereocenters. The SMILES string of the molecule is CC1(O)CCCCC1.O=CNc1cn[nH]c1OC1CC1. The third-order valence-corrected chi connectivity index (χ3v) is 3.56. The van der Waals surface area contributed by atoms with E-state index in [0.717, 1.165) is 25.7 Å². The van der Waals surface area contributed by atoms with Crippen LogP contribution in [0.15, 0.2) is 6.20 Å². The van der Waals surface area contributed by atoms with Gasteiger partial charge in [0, 0.05) is 0 Å². The lowest BCUT2D eigenvalue weighted by molar-refractivity contribution is -0.105. The monoisotopic (exact) mass is 281 g/mol. The second kappa shape index (κ2) is 6.74. The van der Waals surface area contributed by atoms with Crippen LogP contribution in [0.1, 0.15) is 51.9 Å². The molecule has 1 aromatic rings. The van der Waals surface area contributed by atoms with Gasteiger partial charge in [-0.25, -0.2) is 5.10 Å². The molecule has 0 spiro atoms. The standard InChI is InChI=1S/C7H9N3O2.C7H14O/c11-4-8-6-3-9-10-7(6)12-5-1-2-5;1-7(8)5-3-2-4-6-7/h3-5H,1-2H2,(H,8,11)(H,9,10);8H,2-6H2,1H3. The maximum atomic E-state index is 10.1. The van der Waals surface area contributed by atoms with Gasteiger partial charge in [-0.1, -0.05) is 19.3 Å². The summed E-state index contributed by atoms with van der Waals surface area (Å²) in [5.41, 5.74) is 0.273. The summed E-state index contributed by atoms with van der Waals surface area (Å²) in [5.74, 6) is 0.546. The number of carbonyl (C=O) groups excluding carboxylic acids is 1. The van der Waals surface area contributed by atoms with Gasteiger partial charge in [-0.15, -0.1) is 0 Å². The van der Waals surface area contributed by atoms with Crippen LogP contribution in [0.3, 0.4) is 0 Å². The molecular weight excluding hydrogens is 258 g/mol. The number of aliphatic hydroxyl groups is 1. The first-order chi connectivity index (χ1) is 9.61. The molecular formula is C14H23N3O3. The molecule has 0 bridgehead atoms. The Morgan fingerprint density at radius 1 is 1.45 bits per heavy atom. The minimum atomic E-state index is -0.321. The molecule has 2 aliphatic rings. The first kappa shape index (κ1) is 14.8. The van der Waals surface area contributed by atoms with Crippen LogP contribution >= 0.6 is 0 Å². The van der Waals surface area contributed by atoms with E-state index in [9.17, 15) is 9.90 Å². The van der Waals surface area contributed by atoms with Crippen molar-refractivity contribution in [2.24, 2.45) is 0 Å². The highest BCUT2D eigenvalue weighted by Gasteiger charge is 2.25. The fourth-order valence-corrected chi connectivity index (χ4v) is 2.20. The summed E-state index contributed by atoms with van der Waals surface area (Å²) in [6.45, 7) is 1.94. The smallest absolute Gasteiger partial charge is 0.233 e. The molecule has 112 valence electrons. The zero-order valence-electron chi connectivity index (χ0n) is 11.9. The van der Waals surface area contributed by atoms with Crippen LogP contribution in [0.5, 0.6) is 5.88 Å². The quantitative estimate of drug-likeness (QED) is 0.738. The molecule has 1 aromatic heterocycles. The highest BCUT2D eigenvalue weighted by Crippen LogP contribution is 2.29. The van der Waals surface area contributed by atoms with Gasteiger partial charge in [0.05, 0.1) is 11.8 Å². The number of hydrogen-bond acceptors (Lipinski definition) is 4. The van der Waals surface area contributed by atoms with Crippen LogP contribution < -0.4 is 10.1 Å². The van der Waals surface area contributed by atoms with Crippen molar-refractivity contribution in [1.82, 2.24) is 10.2 Å². The zero-order valence-corrected chi connectivity index (χ0v) is 11.9. The van der Waals surface area contributed by atoms with E-state index in [0.29, 0.717) is 24.1 Å². The first-order valence-corrected chi connectivity index (χ1v) is 7.23. The van der Waals surface area contributed by atoms with Crippen molar-refractivity contribution in [3.63, 3.8) is 0 Å². The predicted octanol–water partition coefficient (Wildman–Crippen LogP) is 2.22. The normalized spacial score (nSPS) is 20.5. The average molecular weight is 281 g/mol.